The minimum Gasteiger partial charge on any atom is -0.444 e. The molecule has 28 heavy (non-hydrogen) atoms. The molecule has 158 valence electrons. The highest BCUT2D eigenvalue weighted by molar-refractivity contribution is 14.0. The lowest BCUT2D eigenvalue weighted by atomic mass is 10.1. The summed E-state index contributed by atoms with van der Waals surface area (Å²) in [4.78, 5) is 18.3. The van der Waals surface area contributed by atoms with E-state index in [2.05, 4.69) is 36.5 Å². The Morgan fingerprint density at radius 3 is 2.79 bits per heavy atom. The van der Waals surface area contributed by atoms with Crippen LogP contribution in [0, 0.1) is 5.82 Å². The van der Waals surface area contributed by atoms with Gasteiger partial charge in [0.2, 0.25) is 0 Å². The predicted octanol–water partition coefficient (Wildman–Crippen LogP) is 3.92. The number of guanidine groups is 1. The van der Waals surface area contributed by atoms with Crippen molar-refractivity contribution in [3.63, 3.8) is 0 Å². The van der Waals surface area contributed by atoms with Crippen molar-refractivity contribution in [2.75, 3.05) is 26.7 Å². The number of ether oxygens (including phenoxy) is 1. The van der Waals surface area contributed by atoms with Crippen LogP contribution in [0.15, 0.2) is 27.7 Å². The highest BCUT2D eigenvalue weighted by Crippen LogP contribution is 2.16. The maximum absolute atomic E-state index is 13.8. The molecule has 1 unspecified atom stereocenters. The van der Waals surface area contributed by atoms with Gasteiger partial charge in [0.25, 0.3) is 0 Å². The topological polar surface area (TPSA) is 66.0 Å². The number of rotatable bonds is 4. The Hall–Kier alpha value is -1.10. The third-order valence-corrected chi connectivity index (χ3v) is 4.60. The highest BCUT2D eigenvalue weighted by atomic mass is 127. The molecule has 0 radical (unpaired) electrons. The van der Waals surface area contributed by atoms with E-state index < -0.39 is 11.7 Å². The molecule has 1 amide bonds. The molecule has 1 aromatic carbocycles. The van der Waals surface area contributed by atoms with Crippen molar-refractivity contribution >= 4 is 52.0 Å². The number of carbonyl (C=O) groups excluding carboxylic acids is 1. The third-order valence-electron chi connectivity index (χ3n) is 4.11. The highest BCUT2D eigenvalue weighted by Gasteiger charge is 2.27. The molecule has 2 rings (SSSR count). The van der Waals surface area contributed by atoms with E-state index in [4.69, 9.17) is 4.74 Å². The number of nitrogens with zero attached hydrogens (tertiary/aromatic N) is 2. The molecule has 1 atom stereocenters. The van der Waals surface area contributed by atoms with Gasteiger partial charge in [0.15, 0.2) is 5.96 Å². The van der Waals surface area contributed by atoms with Crippen LogP contribution in [0.25, 0.3) is 0 Å². The first kappa shape index (κ1) is 24.9. The summed E-state index contributed by atoms with van der Waals surface area (Å²) in [6, 6.07) is 4.95. The first-order chi connectivity index (χ1) is 12.7. The average molecular weight is 571 g/mol. The number of halogens is 3. The molecule has 6 nitrogen and oxygen atoms in total. The van der Waals surface area contributed by atoms with Gasteiger partial charge in [0.1, 0.15) is 11.4 Å². The quantitative estimate of drug-likeness (QED) is 0.327. The fourth-order valence-corrected chi connectivity index (χ4v) is 3.33. The van der Waals surface area contributed by atoms with Gasteiger partial charge in [-0.2, -0.15) is 0 Å². The van der Waals surface area contributed by atoms with Crippen LogP contribution in [-0.2, 0) is 11.2 Å². The van der Waals surface area contributed by atoms with E-state index in [1.807, 2.05) is 20.8 Å². The van der Waals surface area contributed by atoms with Crippen LogP contribution in [-0.4, -0.2) is 55.3 Å². The summed E-state index contributed by atoms with van der Waals surface area (Å²) >= 11 is 3.37. The number of benzene rings is 1. The van der Waals surface area contributed by atoms with Crippen molar-refractivity contribution in [1.29, 1.82) is 0 Å². The number of alkyl carbamates (subject to hydrolysis) is 1. The lowest BCUT2D eigenvalue weighted by Gasteiger charge is -2.23. The van der Waals surface area contributed by atoms with Crippen molar-refractivity contribution < 1.29 is 13.9 Å². The molecule has 1 fully saturated rings. The van der Waals surface area contributed by atoms with E-state index in [1.165, 1.54) is 6.07 Å². The molecule has 9 heteroatoms. The second-order valence-corrected chi connectivity index (χ2v) is 8.45. The van der Waals surface area contributed by atoms with Crippen molar-refractivity contribution in [2.24, 2.45) is 4.99 Å². The smallest absolute Gasteiger partial charge is 0.407 e. The zero-order valence-electron chi connectivity index (χ0n) is 16.7. The maximum Gasteiger partial charge on any atom is 0.407 e. The first-order valence-corrected chi connectivity index (χ1v) is 9.86. The first-order valence-electron chi connectivity index (χ1n) is 9.07. The number of nitrogens with one attached hydrogen (secondary N) is 2. The standard InChI is InChI=1S/C19H28BrFN4O2.HI/c1-19(2,3)27-18(26)24-15-8-10-25(12-15)17(22-4)23-9-7-13-11-14(20)5-6-16(13)21;/h5-6,11,15H,7-10,12H2,1-4H3,(H,22,23)(H,24,26);1H. The molecule has 0 aliphatic carbocycles. The van der Waals surface area contributed by atoms with Crippen molar-refractivity contribution in [3.05, 3.63) is 34.1 Å². The Morgan fingerprint density at radius 2 is 2.14 bits per heavy atom. The zero-order chi connectivity index (χ0) is 20.0. The van der Waals surface area contributed by atoms with E-state index >= 15 is 0 Å². The average Bonchev–Trinajstić information content (AvgIpc) is 3.01. The Morgan fingerprint density at radius 1 is 1.43 bits per heavy atom. The van der Waals surface area contributed by atoms with Crippen LogP contribution in [0.1, 0.15) is 32.8 Å². The van der Waals surface area contributed by atoms with Crippen molar-refractivity contribution in [1.82, 2.24) is 15.5 Å². The van der Waals surface area contributed by atoms with Gasteiger partial charge < -0.3 is 20.3 Å². The summed E-state index contributed by atoms with van der Waals surface area (Å²) in [5.74, 6) is 0.539. The molecule has 1 saturated heterocycles. The summed E-state index contributed by atoms with van der Waals surface area (Å²) in [7, 11) is 1.72. The number of hydrogen-bond donors (Lipinski definition) is 2. The molecule has 1 aliphatic heterocycles. The SMILES string of the molecule is CN=C(NCCc1cc(Br)ccc1F)N1CCC(NC(=O)OC(C)(C)C)C1.I. The predicted molar refractivity (Wildman–Crippen MR) is 124 cm³/mol. The molecule has 0 saturated carbocycles. The number of hydrogen-bond acceptors (Lipinski definition) is 3. The van der Waals surface area contributed by atoms with Crippen LogP contribution < -0.4 is 10.6 Å². The Labute approximate surface area is 191 Å². The molecule has 0 bridgehead atoms. The summed E-state index contributed by atoms with van der Waals surface area (Å²) < 4.78 is 20.0. The van der Waals surface area contributed by atoms with Gasteiger partial charge >= 0.3 is 6.09 Å². The van der Waals surface area contributed by atoms with E-state index in [-0.39, 0.29) is 35.8 Å². The third kappa shape index (κ3) is 8.10. The van der Waals surface area contributed by atoms with Gasteiger partial charge in [-0.25, -0.2) is 9.18 Å². The van der Waals surface area contributed by atoms with Gasteiger partial charge in [-0.05, 0) is 57.4 Å². The number of carbonyl (C=O) groups is 1. The summed E-state index contributed by atoms with van der Waals surface area (Å²) in [6.45, 7) is 7.53. The minimum absolute atomic E-state index is 0. The minimum atomic E-state index is -0.512. The van der Waals surface area contributed by atoms with Crippen LogP contribution in [0.5, 0.6) is 0 Å². The molecule has 1 heterocycles. The van der Waals surface area contributed by atoms with Crippen molar-refractivity contribution in [3.8, 4) is 0 Å². The fraction of sp³-hybridized carbons (Fsp3) is 0.579. The van der Waals surface area contributed by atoms with Gasteiger partial charge in [0, 0.05) is 31.2 Å². The summed E-state index contributed by atoms with van der Waals surface area (Å²) in [5.41, 5.74) is 0.139. The Kier molecular flexibility index (Phi) is 9.96. The molecule has 2 N–H and O–H groups in total. The van der Waals surface area contributed by atoms with Crippen LogP contribution in [0.2, 0.25) is 0 Å². The Balaban J connectivity index is 0.00000392. The van der Waals surface area contributed by atoms with Crippen molar-refractivity contribution in [2.45, 2.75) is 45.3 Å². The monoisotopic (exact) mass is 570 g/mol. The van der Waals surface area contributed by atoms with Crippen LogP contribution in [0.4, 0.5) is 9.18 Å². The largest absolute Gasteiger partial charge is 0.444 e. The summed E-state index contributed by atoms with van der Waals surface area (Å²) in [5, 5.41) is 6.17. The fourth-order valence-electron chi connectivity index (χ4n) is 2.92. The van der Waals surface area contributed by atoms with Gasteiger partial charge in [0.05, 0.1) is 6.04 Å². The number of aliphatic imine (C=N–C) groups is 1. The van der Waals surface area contributed by atoms with E-state index in [0.717, 1.165) is 23.4 Å². The Bertz CT molecular complexity index is 697. The van der Waals surface area contributed by atoms with E-state index in [9.17, 15) is 9.18 Å². The molecule has 0 spiro atoms. The summed E-state index contributed by atoms with van der Waals surface area (Å²) in [6.07, 6.45) is 0.972. The molecular formula is C19H29BrFIN4O2. The zero-order valence-corrected chi connectivity index (χ0v) is 20.6. The molecule has 1 aliphatic rings. The second kappa shape index (κ2) is 11.2. The second-order valence-electron chi connectivity index (χ2n) is 7.54. The van der Waals surface area contributed by atoms with E-state index in [1.54, 1.807) is 19.2 Å². The lowest BCUT2D eigenvalue weighted by Crippen LogP contribution is -2.44. The maximum atomic E-state index is 13.8. The van der Waals surface area contributed by atoms with Gasteiger partial charge in [-0.15, -0.1) is 24.0 Å². The van der Waals surface area contributed by atoms with Crippen LogP contribution in [0.3, 0.4) is 0 Å². The van der Waals surface area contributed by atoms with Crippen LogP contribution >= 0.6 is 39.9 Å². The molecule has 0 aromatic heterocycles. The molecule has 1 aromatic rings. The number of amides is 1. The lowest BCUT2D eigenvalue weighted by molar-refractivity contribution is 0.0507. The van der Waals surface area contributed by atoms with E-state index in [0.29, 0.717) is 25.1 Å². The normalized spacial score (nSPS) is 17.1. The molecular weight excluding hydrogens is 542 g/mol. The number of likely N-dealkylation sites (tertiary alicyclic amines) is 1. The van der Waals surface area contributed by atoms with Gasteiger partial charge in [-0.1, -0.05) is 15.9 Å². The van der Waals surface area contributed by atoms with Gasteiger partial charge in [-0.3, -0.25) is 4.99 Å².